The maximum atomic E-state index is 13.7. The molecular weight excluding hydrogens is 1310 g/mol. The van der Waals surface area contributed by atoms with Crippen LogP contribution in [0.25, 0.3) is 16.8 Å². The molecule has 3 fully saturated rings. The summed E-state index contributed by atoms with van der Waals surface area (Å²) in [5.41, 5.74) is 25.7. The molecule has 0 bridgehead atoms. The summed E-state index contributed by atoms with van der Waals surface area (Å²) in [6.45, 7) is 8.61. The zero-order valence-electron chi connectivity index (χ0n) is 57.6. The van der Waals surface area contributed by atoms with Gasteiger partial charge in [-0.2, -0.15) is 4.90 Å². The minimum Gasteiger partial charge on any atom is -0.496 e. The first-order chi connectivity index (χ1) is 50.7. The van der Waals surface area contributed by atoms with E-state index in [1.807, 2.05) is 124 Å². The number of imidazole rings is 1. The van der Waals surface area contributed by atoms with Crippen molar-refractivity contribution < 1.29 is 42.8 Å². The number of pyridine rings is 2. The van der Waals surface area contributed by atoms with E-state index < -0.39 is 6.04 Å². The van der Waals surface area contributed by atoms with Crippen molar-refractivity contribution in [1.82, 2.24) is 39.1 Å². The molecule has 6 atom stereocenters. The monoisotopic (exact) mass is 1390 g/mol. The number of aliphatic imine (C=N–C) groups is 1. The van der Waals surface area contributed by atoms with Crippen LogP contribution in [0, 0.1) is 41.4 Å². The van der Waals surface area contributed by atoms with E-state index in [9.17, 15) is 24.0 Å². The van der Waals surface area contributed by atoms with Crippen molar-refractivity contribution in [3.63, 3.8) is 0 Å². The number of amides is 4. The number of nitrogens with two attached hydrogens (primary N) is 3. The molecule has 10 aromatic rings. The van der Waals surface area contributed by atoms with Crippen LogP contribution in [0.2, 0.25) is 0 Å². The zero-order valence-corrected chi connectivity index (χ0v) is 57.6. The highest BCUT2D eigenvalue weighted by Crippen LogP contribution is 2.47. The van der Waals surface area contributed by atoms with Crippen molar-refractivity contribution in [2.24, 2.45) is 22.7 Å². The lowest BCUT2D eigenvalue weighted by atomic mass is 9.75. The third-order valence-corrected chi connectivity index (χ3v) is 19.2. The van der Waals surface area contributed by atoms with Gasteiger partial charge in [-0.1, -0.05) is 73.4 Å². The lowest BCUT2D eigenvalue weighted by Gasteiger charge is -2.31. The number of anilines is 6. The van der Waals surface area contributed by atoms with Gasteiger partial charge in [-0.15, -0.1) is 0 Å². The van der Waals surface area contributed by atoms with E-state index in [-0.39, 0.29) is 59.1 Å². The Hall–Kier alpha value is -13.0. The largest absolute Gasteiger partial charge is 0.496 e. The zero-order chi connectivity index (χ0) is 72.4. The average Bonchev–Trinajstić information content (AvgIpc) is 1.61. The molecule has 15 rings (SSSR count). The molecule has 2 saturated heterocycles. The number of methoxy groups -OCH3 is 1. The van der Waals surface area contributed by atoms with Crippen LogP contribution in [0.15, 0.2) is 206 Å². The van der Waals surface area contributed by atoms with Gasteiger partial charge in [0.1, 0.15) is 75.1 Å². The highest BCUT2D eigenvalue weighted by Gasteiger charge is 2.54. The van der Waals surface area contributed by atoms with Crippen molar-refractivity contribution >= 4 is 75.4 Å². The summed E-state index contributed by atoms with van der Waals surface area (Å²) in [6.07, 6.45) is 17.7. The number of likely N-dealkylation sites (tertiary alicyclic amines) is 2. The summed E-state index contributed by atoms with van der Waals surface area (Å²) in [4.78, 5) is 95.9. The minimum absolute atomic E-state index is 0.0130. The molecule has 7 N–H and O–H groups in total. The Morgan fingerprint density at radius 3 is 2.04 bits per heavy atom. The lowest BCUT2D eigenvalue weighted by Crippen LogP contribution is -2.44. The number of fused-ring (bicyclic) bond motifs is 3. The quantitative estimate of drug-likeness (QED) is 0.0421. The fourth-order valence-electron chi connectivity index (χ4n) is 14.4. The third kappa shape index (κ3) is 14.6. The van der Waals surface area contributed by atoms with Gasteiger partial charge in [0.15, 0.2) is 5.78 Å². The number of hydrogen-bond donors (Lipinski definition) is 4. The molecular formula is C81H76N15O8+. The molecule has 0 radical (unpaired) electrons. The van der Waals surface area contributed by atoms with E-state index in [0.717, 1.165) is 78.2 Å². The number of ketones is 1. The number of carbonyl (C=O) groups is 5. The average molecular weight is 1390 g/mol. The van der Waals surface area contributed by atoms with Gasteiger partial charge in [0.05, 0.1) is 36.7 Å². The number of nitrogens with one attached hydrogen (secondary N) is 1. The predicted octanol–water partition coefficient (Wildman–Crippen LogP) is 12.1. The number of carbonyl (C=O) groups excluding carboxylic acids is 5. The van der Waals surface area contributed by atoms with Crippen LogP contribution < -0.4 is 46.2 Å². The second-order valence-corrected chi connectivity index (χ2v) is 25.5. The second-order valence-electron chi connectivity index (χ2n) is 25.5. The van der Waals surface area contributed by atoms with E-state index >= 15 is 0 Å². The molecule has 4 amide bonds. The summed E-state index contributed by atoms with van der Waals surface area (Å²) in [5, 5.41) is 2.77. The van der Waals surface area contributed by atoms with Crippen LogP contribution in [-0.2, 0) is 19.2 Å². The summed E-state index contributed by atoms with van der Waals surface area (Å²) in [5.74, 6) is 16.1. The van der Waals surface area contributed by atoms with Crippen molar-refractivity contribution in [1.29, 1.82) is 0 Å². The smallest absolute Gasteiger partial charge is 0.360 e. The highest BCUT2D eigenvalue weighted by atomic mass is 16.5. The SMILES string of the molecule is C=CC(=O)C1CCC[C@@H](C2N=C(c3ccc(Oc4ccccc4)cc3)c3c2ccnc3N)C1.CC#CC(=O)N1CCC[C@H]1c1nc(-c2ccc(C(=O)Nc3ccccn3)c(OC)c2)c2c(N)nccn12.CC#CC(=O)N1CC[C@@H](C2C(=O)N(c3ccc(Oc4ccccc4)cc3)c3c(N)ncc[n+]32)C1. The number of benzene rings is 5. The summed E-state index contributed by atoms with van der Waals surface area (Å²) in [6, 6.07) is 46.2. The summed E-state index contributed by atoms with van der Waals surface area (Å²) in [7, 11) is 1.50. The normalized spacial score (nSPS) is 18.3. The first-order valence-electron chi connectivity index (χ1n) is 34.3. The number of hydrogen-bond acceptors (Lipinski definition) is 17. The molecule has 1 saturated carbocycles. The minimum atomic E-state index is -0.479. The Labute approximate surface area is 601 Å². The first-order valence-corrected chi connectivity index (χ1v) is 34.3. The van der Waals surface area contributed by atoms with Crippen molar-refractivity contribution in [3.8, 4) is 63.7 Å². The predicted molar refractivity (Wildman–Crippen MR) is 395 cm³/mol. The topological polar surface area (TPSA) is 298 Å². The summed E-state index contributed by atoms with van der Waals surface area (Å²) >= 11 is 0. The van der Waals surface area contributed by atoms with Crippen molar-refractivity contribution in [3.05, 3.63) is 230 Å². The first kappa shape index (κ1) is 69.5. The van der Waals surface area contributed by atoms with Gasteiger partial charge in [-0.3, -0.25) is 28.6 Å². The van der Waals surface area contributed by atoms with E-state index in [2.05, 4.69) is 55.5 Å². The number of aromatic nitrogens is 7. The molecule has 9 heterocycles. The molecule has 5 aromatic heterocycles. The van der Waals surface area contributed by atoms with Crippen LogP contribution in [0.4, 0.5) is 34.8 Å². The van der Waals surface area contributed by atoms with Crippen molar-refractivity contribution in [2.45, 2.75) is 76.9 Å². The third-order valence-electron chi connectivity index (χ3n) is 19.2. The molecule has 4 aliphatic heterocycles. The molecule has 5 aromatic carbocycles. The fraction of sp³-hybridized carbons (Fsp3) is 0.235. The van der Waals surface area contributed by atoms with E-state index in [0.29, 0.717) is 101 Å². The number of rotatable bonds is 15. The number of allylic oxidation sites excluding steroid dienone is 1. The molecule has 0 spiro atoms. The van der Waals surface area contributed by atoms with E-state index in [1.54, 1.807) is 102 Å². The van der Waals surface area contributed by atoms with Crippen LogP contribution in [-0.4, -0.2) is 101 Å². The Bertz CT molecular complexity index is 5050. The van der Waals surface area contributed by atoms with Gasteiger partial charge < -0.3 is 46.5 Å². The number of nitrogens with zero attached hydrogens (tertiary/aromatic N) is 11. The van der Waals surface area contributed by atoms with Gasteiger partial charge in [0, 0.05) is 72.9 Å². The van der Waals surface area contributed by atoms with Gasteiger partial charge in [-0.05, 0) is 185 Å². The number of nitrogen functional groups attached to an aromatic ring is 3. The van der Waals surface area contributed by atoms with Gasteiger partial charge in [0.25, 0.3) is 17.7 Å². The highest BCUT2D eigenvalue weighted by molar-refractivity contribution is 6.18. The fourth-order valence-corrected chi connectivity index (χ4v) is 14.4. The molecule has 3 unspecified atom stereocenters. The van der Waals surface area contributed by atoms with E-state index in [4.69, 9.17) is 41.4 Å². The summed E-state index contributed by atoms with van der Waals surface area (Å²) < 4.78 is 21.1. The van der Waals surface area contributed by atoms with Crippen LogP contribution in [0.3, 0.4) is 0 Å². The standard InChI is InChI=1S/C28H27N3O2.C27H25N7O3.C26H24N5O3/c1-2-24(32)19-7-6-8-20(17-19)26-23-15-16-30-28(29)25(23)27(31-26)18-11-13-22(14-12-18)33-21-9-4-3-5-10-21;1-3-7-22(35)33-14-6-8-19(33)26-32-23(24-25(28)30-13-15-34(24)26)17-10-11-18(20(16-17)37-2)27(36)31-21-9-4-5-12-29-21;1-2-6-22(32)29-15-13-18(17-29)23-26(33)31(25-24(27)28-14-16-30(23)25)19-9-11-21(12-10-19)34-20-7-4-3-5-8-20/h2-5,9-16,19-20,26H,1,6-8,17H2,(H2,29,30);4-5,9-13,15-16,19H,6,8,14H2,1-2H3,(H2,28,30)(H,29,31,36);3-5,7-12,14,16,18,23H,13,15,17H2,1H3,(H2,27,28)/q;;+1/t19?,20-,26?;19-;18-,23?/m101/s1. The Morgan fingerprint density at radius 2 is 1.35 bits per heavy atom. The molecule has 522 valence electrons. The Kier molecular flexibility index (Phi) is 20.9. The molecule has 1 aliphatic carbocycles. The van der Waals surface area contributed by atoms with E-state index in [1.165, 1.54) is 13.2 Å². The maximum Gasteiger partial charge on any atom is 0.360 e. The molecule has 5 aliphatic rings. The Balaban J connectivity index is 0.000000139. The molecule has 23 heteroatoms. The molecule has 23 nitrogen and oxygen atoms in total. The van der Waals surface area contributed by atoms with Crippen molar-refractivity contribution in [2.75, 3.05) is 54.2 Å². The number of ether oxygens (including phenoxy) is 3. The lowest BCUT2D eigenvalue weighted by molar-refractivity contribution is -0.695. The van der Waals surface area contributed by atoms with Gasteiger partial charge >= 0.3 is 11.7 Å². The maximum absolute atomic E-state index is 13.7. The van der Waals surface area contributed by atoms with Crippen LogP contribution >= 0.6 is 0 Å². The Morgan fingerprint density at radius 1 is 0.673 bits per heavy atom. The van der Waals surface area contributed by atoms with Gasteiger partial charge in [0.2, 0.25) is 11.9 Å². The van der Waals surface area contributed by atoms with Crippen LogP contribution in [0.1, 0.15) is 110 Å². The number of para-hydroxylation sites is 2. The van der Waals surface area contributed by atoms with Crippen LogP contribution in [0.5, 0.6) is 28.7 Å². The second kappa shape index (κ2) is 31.3. The molecule has 104 heavy (non-hydrogen) atoms. The van der Waals surface area contributed by atoms with Gasteiger partial charge in [-0.25, -0.2) is 34.3 Å².